The van der Waals surface area contributed by atoms with Crippen LogP contribution < -0.4 is 10.2 Å². The molecule has 2 aliphatic rings. The number of nitrogens with zero attached hydrogens (tertiary/aromatic N) is 2. The van der Waals surface area contributed by atoms with Crippen molar-refractivity contribution in [2.75, 3.05) is 31.1 Å². The molecule has 2 saturated heterocycles. The maximum Gasteiger partial charge on any atom is 0.227 e. The second kappa shape index (κ2) is 8.21. The first-order chi connectivity index (χ1) is 12.4. The Labute approximate surface area is 156 Å². The second-order valence-electron chi connectivity index (χ2n) is 8.08. The van der Waals surface area contributed by atoms with Gasteiger partial charge in [-0.15, -0.1) is 0 Å². The highest BCUT2D eigenvalue weighted by Gasteiger charge is 2.35. The summed E-state index contributed by atoms with van der Waals surface area (Å²) in [7, 11) is 0. The van der Waals surface area contributed by atoms with Gasteiger partial charge in [0, 0.05) is 37.8 Å². The summed E-state index contributed by atoms with van der Waals surface area (Å²) in [5, 5.41) is 3.11. The zero-order chi connectivity index (χ0) is 18.7. The molecule has 2 fully saturated rings. The van der Waals surface area contributed by atoms with Gasteiger partial charge in [0.05, 0.1) is 5.92 Å². The molecule has 26 heavy (non-hydrogen) atoms. The van der Waals surface area contributed by atoms with Gasteiger partial charge in [-0.05, 0) is 58.2 Å². The van der Waals surface area contributed by atoms with Crippen LogP contribution >= 0.6 is 0 Å². The maximum atomic E-state index is 12.6. The van der Waals surface area contributed by atoms with Gasteiger partial charge < -0.3 is 15.1 Å². The summed E-state index contributed by atoms with van der Waals surface area (Å²) in [5.41, 5.74) is 2.05. The van der Waals surface area contributed by atoms with Crippen LogP contribution in [0.4, 0.5) is 5.69 Å². The lowest BCUT2D eigenvalue weighted by Crippen LogP contribution is -2.44. The zero-order valence-corrected chi connectivity index (χ0v) is 16.2. The molecule has 3 rings (SSSR count). The van der Waals surface area contributed by atoms with Gasteiger partial charge in [0.1, 0.15) is 0 Å². The molecule has 142 valence electrons. The number of hydrogen-bond acceptors (Lipinski definition) is 3. The Hall–Kier alpha value is -1.88. The lowest BCUT2D eigenvalue weighted by molar-refractivity contribution is -0.126. The molecule has 1 N–H and O–H groups in total. The minimum Gasteiger partial charge on any atom is -0.355 e. The van der Waals surface area contributed by atoms with Gasteiger partial charge in [0.2, 0.25) is 11.8 Å². The molecule has 1 aromatic carbocycles. The number of benzene rings is 1. The number of likely N-dealkylation sites (tertiary alicyclic amines) is 1. The van der Waals surface area contributed by atoms with Crippen LogP contribution in [0.3, 0.4) is 0 Å². The van der Waals surface area contributed by atoms with Crippen molar-refractivity contribution < 1.29 is 9.59 Å². The van der Waals surface area contributed by atoms with E-state index in [9.17, 15) is 9.59 Å². The van der Waals surface area contributed by atoms with E-state index >= 15 is 0 Å². The van der Waals surface area contributed by atoms with Crippen LogP contribution in [0.25, 0.3) is 0 Å². The number of nitrogens with one attached hydrogen (secondary N) is 1. The summed E-state index contributed by atoms with van der Waals surface area (Å²) in [6.45, 7) is 9.89. The van der Waals surface area contributed by atoms with E-state index in [0.717, 1.165) is 30.9 Å². The minimum absolute atomic E-state index is 0.0228. The first-order valence-electron chi connectivity index (χ1n) is 9.83. The number of amides is 2. The van der Waals surface area contributed by atoms with Crippen molar-refractivity contribution in [2.45, 2.75) is 46.1 Å². The van der Waals surface area contributed by atoms with E-state index in [1.54, 1.807) is 4.90 Å². The fourth-order valence-electron chi connectivity index (χ4n) is 3.98. The Bertz CT molecular complexity index is 641. The van der Waals surface area contributed by atoms with Crippen LogP contribution in [0.15, 0.2) is 24.3 Å². The van der Waals surface area contributed by atoms with Gasteiger partial charge in [0.15, 0.2) is 0 Å². The van der Waals surface area contributed by atoms with Gasteiger partial charge in [0.25, 0.3) is 0 Å². The summed E-state index contributed by atoms with van der Waals surface area (Å²) >= 11 is 0. The van der Waals surface area contributed by atoms with Crippen molar-refractivity contribution in [3.8, 4) is 0 Å². The van der Waals surface area contributed by atoms with E-state index in [1.165, 1.54) is 12.8 Å². The molecule has 2 atom stereocenters. The van der Waals surface area contributed by atoms with E-state index in [4.69, 9.17) is 0 Å². The number of carbonyl (C=O) groups is 2. The lowest BCUT2D eigenvalue weighted by Gasteiger charge is -2.35. The second-order valence-corrected chi connectivity index (χ2v) is 8.08. The van der Waals surface area contributed by atoms with E-state index in [-0.39, 0.29) is 17.7 Å². The Morgan fingerprint density at radius 1 is 1.23 bits per heavy atom. The van der Waals surface area contributed by atoms with Gasteiger partial charge in [-0.2, -0.15) is 0 Å². The first kappa shape index (κ1) is 18.9. The molecule has 2 heterocycles. The quantitative estimate of drug-likeness (QED) is 0.881. The van der Waals surface area contributed by atoms with E-state index < -0.39 is 0 Å². The van der Waals surface area contributed by atoms with Crippen molar-refractivity contribution >= 4 is 17.5 Å². The molecule has 0 radical (unpaired) electrons. The average Bonchev–Trinajstić information content (AvgIpc) is 3.02. The van der Waals surface area contributed by atoms with Crippen molar-refractivity contribution in [3.63, 3.8) is 0 Å². The molecule has 5 heteroatoms. The predicted octanol–water partition coefficient (Wildman–Crippen LogP) is 2.58. The summed E-state index contributed by atoms with van der Waals surface area (Å²) < 4.78 is 0. The Kier molecular flexibility index (Phi) is 5.97. The highest BCUT2D eigenvalue weighted by molar-refractivity contribution is 6.00. The Balaban J connectivity index is 1.51. The number of rotatable bonds is 5. The minimum atomic E-state index is -0.242. The summed E-state index contributed by atoms with van der Waals surface area (Å²) in [5.74, 6) is 0.335. The third-order valence-corrected chi connectivity index (χ3v) is 5.69. The third kappa shape index (κ3) is 4.44. The topological polar surface area (TPSA) is 52.7 Å². The van der Waals surface area contributed by atoms with Crippen LogP contribution in [-0.2, 0) is 9.59 Å². The van der Waals surface area contributed by atoms with Crippen LogP contribution in [0.5, 0.6) is 0 Å². The molecule has 2 aliphatic heterocycles. The molecule has 0 aliphatic carbocycles. The van der Waals surface area contributed by atoms with Gasteiger partial charge in [-0.3, -0.25) is 9.59 Å². The normalized spacial score (nSPS) is 24.3. The highest BCUT2D eigenvalue weighted by atomic mass is 16.2. The largest absolute Gasteiger partial charge is 0.355 e. The summed E-state index contributed by atoms with van der Waals surface area (Å²) in [4.78, 5) is 29.1. The van der Waals surface area contributed by atoms with Crippen LogP contribution in [0.1, 0.15) is 38.7 Å². The molecular formula is C21H31N3O2. The molecule has 5 nitrogen and oxygen atoms in total. The molecule has 0 bridgehead atoms. The van der Waals surface area contributed by atoms with Crippen molar-refractivity contribution in [2.24, 2.45) is 11.8 Å². The number of anilines is 1. The molecule has 0 spiro atoms. The van der Waals surface area contributed by atoms with Crippen molar-refractivity contribution in [3.05, 3.63) is 29.8 Å². The fraction of sp³-hybridized carbons (Fsp3) is 0.619. The van der Waals surface area contributed by atoms with Crippen LogP contribution in [-0.4, -0.2) is 48.9 Å². The number of hydrogen-bond donors (Lipinski definition) is 1. The standard InChI is InChI=1S/C21H31N3O2/c1-15(2)23-10-4-5-17(13-23)12-22-21(26)18-11-20(25)24(14-18)19-8-6-16(3)7-9-19/h6-9,15,17-18H,4-5,10-14H2,1-3H3,(H,22,26)/t17-,18+/m0/s1. The predicted molar refractivity (Wildman–Crippen MR) is 104 cm³/mol. The van der Waals surface area contributed by atoms with E-state index in [0.29, 0.717) is 24.9 Å². The Morgan fingerprint density at radius 3 is 2.65 bits per heavy atom. The molecule has 0 saturated carbocycles. The van der Waals surface area contributed by atoms with Crippen molar-refractivity contribution in [1.29, 1.82) is 0 Å². The van der Waals surface area contributed by atoms with E-state index in [1.807, 2.05) is 31.2 Å². The number of aryl methyl sites for hydroxylation is 1. The molecule has 0 aromatic heterocycles. The average molecular weight is 357 g/mol. The van der Waals surface area contributed by atoms with Crippen LogP contribution in [0.2, 0.25) is 0 Å². The smallest absolute Gasteiger partial charge is 0.227 e. The Morgan fingerprint density at radius 2 is 1.96 bits per heavy atom. The number of piperidine rings is 1. The van der Waals surface area contributed by atoms with E-state index in [2.05, 4.69) is 24.1 Å². The fourth-order valence-corrected chi connectivity index (χ4v) is 3.98. The van der Waals surface area contributed by atoms with Gasteiger partial charge in [-0.25, -0.2) is 0 Å². The maximum absolute atomic E-state index is 12.6. The molecular weight excluding hydrogens is 326 g/mol. The highest BCUT2D eigenvalue weighted by Crippen LogP contribution is 2.25. The van der Waals surface area contributed by atoms with Crippen molar-refractivity contribution in [1.82, 2.24) is 10.2 Å². The van der Waals surface area contributed by atoms with Gasteiger partial charge in [-0.1, -0.05) is 17.7 Å². The van der Waals surface area contributed by atoms with Crippen LogP contribution in [0, 0.1) is 18.8 Å². The molecule has 1 aromatic rings. The number of carbonyl (C=O) groups excluding carboxylic acids is 2. The van der Waals surface area contributed by atoms with Gasteiger partial charge >= 0.3 is 0 Å². The first-order valence-corrected chi connectivity index (χ1v) is 9.83. The summed E-state index contributed by atoms with van der Waals surface area (Å²) in [6.07, 6.45) is 2.67. The SMILES string of the molecule is Cc1ccc(N2C[C@H](C(=O)NC[C@@H]3CCCN(C(C)C)C3)CC2=O)cc1. The zero-order valence-electron chi connectivity index (χ0n) is 16.2. The molecule has 2 amide bonds. The third-order valence-electron chi connectivity index (χ3n) is 5.69. The molecule has 0 unspecified atom stereocenters. The summed E-state index contributed by atoms with van der Waals surface area (Å²) in [6, 6.07) is 8.47. The monoisotopic (exact) mass is 357 g/mol. The lowest BCUT2D eigenvalue weighted by atomic mass is 9.96.